The van der Waals surface area contributed by atoms with Crippen LogP contribution in [-0.4, -0.2) is 25.3 Å². The number of H-pyrrole nitrogens is 2. The van der Waals surface area contributed by atoms with Gasteiger partial charge in [-0.3, -0.25) is 4.79 Å². The van der Waals surface area contributed by atoms with Gasteiger partial charge in [-0.05, 0) is 44.0 Å². The lowest BCUT2D eigenvalue weighted by Crippen LogP contribution is -2.09. The fraction of sp³-hybridized carbons (Fsp3) is 0.235. The van der Waals surface area contributed by atoms with E-state index in [1.165, 1.54) is 0 Å². The molecule has 3 aromatic rings. The maximum absolute atomic E-state index is 12.7. The Balaban J connectivity index is 2.02. The van der Waals surface area contributed by atoms with Crippen LogP contribution in [0.2, 0.25) is 0 Å². The van der Waals surface area contributed by atoms with Crippen LogP contribution >= 0.6 is 0 Å². The number of nitrogens with one attached hydrogen (secondary N) is 2. The molecular weight excluding hydrogens is 292 g/mol. The summed E-state index contributed by atoms with van der Waals surface area (Å²) >= 11 is 0. The molecule has 0 spiro atoms. The Morgan fingerprint density at radius 1 is 1.26 bits per heavy atom. The van der Waals surface area contributed by atoms with Gasteiger partial charge in [-0.15, -0.1) is 0 Å². The van der Waals surface area contributed by atoms with Gasteiger partial charge in [0.2, 0.25) is 5.78 Å². The Morgan fingerprint density at radius 3 is 2.65 bits per heavy atom. The minimum Gasteiger partial charge on any atom is -0.309 e. The summed E-state index contributed by atoms with van der Waals surface area (Å²) in [6, 6.07) is 5.61. The molecule has 118 valence electrons. The summed E-state index contributed by atoms with van der Waals surface area (Å²) < 4.78 is 1.96. The van der Waals surface area contributed by atoms with Crippen molar-refractivity contribution in [3.63, 3.8) is 0 Å². The number of rotatable bonds is 4. The number of carbonyl (C=O) groups is 1. The van der Waals surface area contributed by atoms with Crippen LogP contribution in [0.3, 0.4) is 0 Å². The van der Waals surface area contributed by atoms with Crippen LogP contribution in [0.1, 0.15) is 40.1 Å². The van der Waals surface area contributed by atoms with Crippen LogP contribution in [0.25, 0.3) is 5.69 Å². The molecule has 0 radical (unpaired) electrons. The van der Waals surface area contributed by atoms with E-state index in [9.17, 15) is 9.59 Å². The van der Waals surface area contributed by atoms with Crippen LogP contribution < -0.4 is 5.69 Å². The van der Waals surface area contributed by atoms with Crippen molar-refractivity contribution < 1.29 is 4.79 Å². The number of aromatic nitrogens is 4. The molecule has 0 fully saturated rings. The van der Waals surface area contributed by atoms with Crippen LogP contribution in [0.15, 0.2) is 35.4 Å². The highest BCUT2D eigenvalue weighted by Crippen LogP contribution is 2.19. The number of hydrogen-bond acceptors (Lipinski definition) is 3. The van der Waals surface area contributed by atoms with Crippen molar-refractivity contribution >= 4 is 5.78 Å². The highest BCUT2D eigenvalue weighted by Gasteiger charge is 2.18. The van der Waals surface area contributed by atoms with Gasteiger partial charge in [-0.1, -0.05) is 6.92 Å². The van der Waals surface area contributed by atoms with E-state index < -0.39 is 0 Å². The van der Waals surface area contributed by atoms with Crippen molar-refractivity contribution in [3.05, 3.63) is 69.4 Å². The van der Waals surface area contributed by atoms with Crippen LogP contribution in [-0.2, 0) is 6.42 Å². The standard InChI is InChI=1S/C17H18N4O2/c1-4-14-15(20-17(23)19-14)16(22)13-6-5-12(9-10(13)2)21-8-7-18-11(21)3/h5-9H,4H2,1-3H3,(H2,19,20,23). The van der Waals surface area contributed by atoms with Gasteiger partial charge in [-0.25, -0.2) is 9.78 Å². The molecule has 0 atom stereocenters. The Hall–Kier alpha value is -2.89. The Labute approximate surface area is 133 Å². The maximum atomic E-state index is 12.7. The summed E-state index contributed by atoms with van der Waals surface area (Å²) in [6.07, 6.45) is 4.21. The van der Waals surface area contributed by atoms with Crippen LogP contribution in [0.5, 0.6) is 0 Å². The second-order valence-electron chi connectivity index (χ2n) is 5.46. The van der Waals surface area contributed by atoms with E-state index in [2.05, 4.69) is 15.0 Å². The molecule has 2 heterocycles. The van der Waals surface area contributed by atoms with Gasteiger partial charge in [0, 0.05) is 29.3 Å². The second-order valence-corrected chi connectivity index (χ2v) is 5.46. The molecule has 3 rings (SSSR count). The third kappa shape index (κ3) is 2.63. The molecule has 0 aliphatic rings. The number of hydrogen-bond donors (Lipinski definition) is 2. The lowest BCUT2D eigenvalue weighted by Gasteiger charge is -2.10. The summed E-state index contributed by atoms with van der Waals surface area (Å²) in [5.41, 5.74) is 3.00. The minimum absolute atomic E-state index is 0.174. The van der Waals surface area contributed by atoms with E-state index in [1.807, 2.05) is 43.7 Å². The lowest BCUT2D eigenvalue weighted by molar-refractivity contribution is 0.103. The van der Waals surface area contributed by atoms with E-state index in [0.717, 1.165) is 17.1 Å². The molecule has 23 heavy (non-hydrogen) atoms. The summed E-state index contributed by atoms with van der Waals surface area (Å²) in [7, 11) is 0. The van der Waals surface area contributed by atoms with Crippen molar-refractivity contribution in [3.8, 4) is 5.69 Å². The number of ketones is 1. The number of nitrogens with zero attached hydrogens (tertiary/aromatic N) is 2. The molecule has 0 saturated heterocycles. The fourth-order valence-electron chi connectivity index (χ4n) is 2.72. The van der Waals surface area contributed by atoms with Gasteiger partial charge in [0.1, 0.15) is 11.5 Å². The molecule has 2 N–H and O–H groups in total. The number of carbonyl (C=O) groups excluding carboxylic acids is 1. The largest absolute Gasteiger partial charge is 0.323 e. The molecule has 0 aliphatic heterocycles. The zero-order chi connectivity index (χ0) is 16.6. The zero-order valence-electron chi connectivity index (χ0n) is 13.3. The quantitative estimate of drug-likeness (QED) is 0.725. The highest BCUT2D eigenvalue weighted by molar-refractivity contribution is 6.09. The first-order valence-corrected chi connectivity index (χ1v) is 7.48. The van der Waals surface area contributed by atoms with Gasteiger partial charge in [0.15, 0.2) is 0 Å². The molecule has 1 aromatic carbocycles. The van der Waals surface area contributed by atoms with Crippen molar-refractivity contribution in [1.29, 1.82) is 0 Å². The topological polar surface area (TPSA) is 83.5 Å². The van der Waals surface area contributed by atoms with E-state index in [-0.39, 0.29) is 11.5 Å². The van der Waals surface area contributed by atoms with E-state index in [1.54, 1.807) is 12.3 Å². The highest BCUT2D eigenvalue weighted by atomic mass is 16.1. The Morgan fingerprint density at radius 2 is 2.04 bits per heavy atom. The van der Waals surface area contributed by atoms with E-state index in [0.29, 0.717) is 23.4 Å². The predicted molar refractivity (Wildman–Crippen MR) is 87.3 cm³/mol. The van der Waals surface area contributed by atoms with Gasteiger partial charge >= 0.3 is 5.69 Å². The van der Waals surface area contributed by atoms with E-state index in [4.69, 9.17) is 0 Å². The maximum Gasteiger partial charge on any atom is 0.323 e. The zero-order valence-corrected chi connectivity index (χ0v) is 13.3. The predicted octanol–water partition coefficient (Wildman–Crippen LogP) is 2.30. The van der Waals surface area contributed by atoms with Crippen molar-refractivity contribution in [1.82, 2.24) is 19.5 Å². The van der Waals surface area contributed by atoms with Gasteiger partial charge in [0.25, 0.3) is 0 Å². The Kier molecular flexibility index (Phi) is 3.73. The first-order valence-electron chi connectivity index (χ1n) is 7.48. The van der Waals surface area contributed by atoms with Gasteiger partial charge in [0.05, 0.1) is 0 Å². The summed E-state index contributed by atoms with van der Waals surface area (Å²) in [5.74, 6) is 0.707. The first kappa shape index (κ1) is 15.0. The Bertz CT molecular complexity index is 930. The van der Waals surface area contributed by atoms with Crippen molar-refractivity contribution in [2.75, 3.05) is 0 Å². The average molecular weight is 310 g/mol. The van der Waals surface area contributed by atoms with Gasteiger partial charge < -0.3 is 14.5 Å². The smallest absolute Gasteiger partial charge is 0.309 e. The fourth-order valence-corrected chi connectivity index (χ4v) is 2.72. The van der Waals surface area contributed by atoms with Crippen molar-refractivity contribution in [2.24, 2.45) is 0 Å². The lowest BCUT2D eigenvalue weighted by atomic mass is 10.0. The normalized spacial score (nSPS) is 10.9. The molecule has 0 bridgehead atoms. The monoisotopic (exact) mass is 310 g/mol. The average Bonchev–Trinajstić information content (AvgIpc) is 3.12. The molecule has 0 unspecified atom stereocenters. The third-order valence-electron chi connectivity index (χ3n) is 3.94. The van der Waals surface area contributed by atoms with Crippen LogP contribution in [0, 0.1) is 13.8 Å². The summed E-state index contributed by atoms with van der Waals surface area (Å²) in [5, 5.41) is 0. The minimum atomic E-state index is -0.353. The van der Waals surface area contributed by atoms with E-state index >= 15 is 0 Å². The SMILES string of the molecule is CCc1[nH]c(=O)[nH]c1C(=O)c1ccc(-n2ccnc2C)cc1C. The van der Waals surface area contributed by atoms with Gasteiger partial charge in [-0.2, -0.15) is 0 Å². The first-order chi connectivity index (χ1) is 11.0. The number of imidazole rings is 2. The number of aromatic amines is 2. The molecule has 0 saturated carbocycles. The molecule has 6 heteroatoms. The summed E-state index contributed by atoms with van der Waals surface area (Å²) in [6.45, 7) is 5.71. The molecule has 0 amide bonds. The van der Waals surface area contributed by atoms with Crippen molar-refractivity contribution in [2.45, 2.75) is 27.2 Å². The number of aryl methyl sites for hydroxylation is 3. The molecule has 0 aliphatic carbocycles. The molecular formula is C17H18N4O2. The van der Waals surface area contributed by atoms with Crippen LogP contribution in [0.4, 0.5) is 0 Å². The number of benzene rings is 1. The third-order valence-corrected chi connectivity index (χ3v) is 3.94. The molecule has 6 nitrogen and oxygen atoms in total. The molecule has 2 aromatic heterocycles. The second kappa shape index (κ2) is 5.72. The summed E-state index contributed by atoms with van der Waals surface area (Å²) in [4.78, 5) is 33.6.